The number of nitrogens with two attached hydrogens (primary N) is 1. The number of benzene rings is 1. The fraction of sp³-hybridized carbons (Fsp3) is 0.522. The molecular weight excluding hydrogens is 378 g/mol. The second-order valence-electron chi connectivity index (χ2n) is 8.99. The molecule has 0 amide bonds. The summed E-state index contributed by atoms with van der Waals surface area (Å²) in [5.74, 6) is 2.13. The van der Waals surface area contributed by atoms with Crippen LogP contribution in [-0.2, 0) is 4.74 Å². The van der Waals surface area contributed by atoms with Crippen molar-refractivity contribution in [3.63, 3.8) is 0 Å². The number of nitrogen functional groups attached to an aromatic ring is 1. The molecule has 0 radical (unpaired) electrons. The average molecular weight is 412 g/mol. The Labute approximate surface area is 179 Å². The molecule has 1 aromatic carbocycles. The molecule has 3 N–H and O–H groups in total. The van der Waals surface area contributed by atoms with Gasteiger partial charge in [0.2, 0.25) is 0 Å². The number of rotatable bonds is 7. The largest absolute Gasteiger partial charge is 0.488 e. The smallest absolute Gasteiger partial charge is 0.133 e. The minimum atomic E-state index is -0.0839. The fourth-order valence-electron chi connectivity index (χ4n) is 3.85. The van der Waals surface area contributed by atoms with Crippen LogP contribution in [0.5, 0.6) is 5.75 Å². The van der Waals surface area contributed by atoms with E-state index in [2.05, 4.69) is 35.6 Å². The van der Waals surface area contributed by atoms with Gasteiger partial charge in [0, 0.05) is 25.3 Å². The lowest BCUT2D eigenvalue weighted by Gasteiger charge is -2.37. The third-order valence-corrected chi connectivity index (χ3v) is 5.79. The first kappa shape index (κ1) is 20.6. The van der Waals surface area contributed by atoms with E-state index in [1.165, 1.54) is 6.33 Å². The number of ether oxygens (including phenoxy) is 2. The van der Waals surface area contributed by atoms with E-state index in [0.29, 0.717) is 36.1 Å². The predicted molar refractivity (Wildman–Crippen MR) is 121 cm³/mol. The van der Waals surface area contributed by atoms with Crippen LogP contribution in [0.15, 0.2) is 30.6 Å². The van der Waals surface area contributed by atoms with E-state index >= 15 is 0 Å². The summed E-state index contributed by atoms with van der Waals surface area (Å²) in [6.45, 7) is 8.68. The molecule has 30 heavy (non-hydrogen) atoms. The molecule has 162 valence electrons. The summed E-state index contributed by atoms with van der Waals surface area (Å²) in [5.41, 5.74) is 8.11. The van der Waals surface area contributed by atoms with Crippen LogP contribution in [0.2, 0.25) is 0 Å². The maximum Gasteiger partial charge on any atom is 0.133 e. The van der Waals surface area contributed by atoms with E-state index < -0.39 is 0 Å². The topological polar surface area (TPSA) is 97.3 Å². The Kier molecular flexibility index (Phi) is 5.64. The van der Waals surface area contributed by atoms with Crippen molar-refractivity contribution < 1.29 is 10.9 Å². The molecule has 1 aliphatic carbocycles. The van der Waals surface area contributed by atoms with Gasteiger partial charge in [-0.3, -0.25) is 5.41 Å². The van der Waals surface area contributed by atoms with Gasteiger partial charge in [-0.05, 0) is 50.3 Å². The molecule has 7 heteroatoms. The summed E-state index contributed by atoms with van der Waals surface area (Å²) < 4.78 is 11.8. The standard InChI is InChI=1S/C23H31N5O2.H2/c1-15(2)10-16-13-29-9-8-28(16)21-12-20(26-14-27-21)22(25)18-11-17(4-5-19(18)24)30-23(3)6-7-23;/h4-5,11-12,14-16,25H,6-10,13,24H2,1-3H3;1H. The van der Waals surface area contributed by atoms with Crippen LogP contribution in [-0.4, -0.2) is 47.1 Å². The average Bonchev–Trinajstić information content (AvgIpc) is 3.45. The molecule has 1 aliphatic heterocycles. The van der Waals surface area contributed by atoms with E-state index in [9.17, 15) is 0 Å². The molecule has 1 aromatic heterocycles. The summed E-state index contributed by atoms with van der Waals surface area (Å²) in [6, 6.07) is 7.67. The highest BCUT2D eigenvalue weighted by molar-refractivity contribution is 6.13. The molecule has 2 fully saturated rings. The Hall–Kier alpha value is -2.67. The van der Waals surface area contributed by atoms with E-state index in [0.717, 1.165) is 37.4 Å². The van der Waals surface area contributed by atoms with Crippen molar-refractivity contribution in [2.24, 2.45) is 5.92 Å². The number of nitrogens with one attached hydrogen (secondary N) is 1. The van der Waals surface area contributed by atoms with Crippen molar-refractivity contribution in [3.05, 3.63) is 41.9 Å². The SMILES string of the molecule is CC(C)CC1COCCN1c1cc(C(=N)c2cc(OC3(C)CC3)ccc2N)ncn1.[HH]. The zero-order chi connectivity index (χ0) is 21.3. The van der Waals surface area contributed by atoms with Crippen LogP contribution >= 0.6 is 0 Å². The molecule has 1 saturated carbocycles. The Morgan fingerprint density at radius 3 is 2.90 bits per heavy atom. The van der Waals surface area contributed by atoms with Crippen molar-refractivity contribution in [1.29, 1.82) is 5.41 Å². The number of anilines is 2. The second kappa shape index (κ2) is 8.22. The van der Waals surface area contributed by atoms with Gasteiger partial charge in [0.25, 0.3) is 0 Å². The third kappa shape index (κ3) is 4.56. The zero-order valence-electron chi connectivity index (χ0n) is 18.0. The van der Waals surface area contributed by atoms with Crippen molar-refractivity contribution in [2.75, 3.05) is 30.4 Å². The summed E-state index contributed by atoms with van der Waals surface area (Å²) in [5, 5.41) is 8.76. The van der Waals surface area contributed by atoms with Gasteiger partial charge in [-0.2, -0.15) is 0 Å². The zero-order valence-corrected chi connectivity index (χ0v) is 18.0. The maximum absolute atomic E-state index is 8.76. The van der Waals surface area contributed by atoms with Gasteiger partial charge in [-0.25, -0.2) is 9.97 Å². The lowest BCUT2D eigenvalue weighted by atomic mass is 10.0. The number of hydrogen-bond donors (Lipinski definition) is 2. The molecule has 1 unspecified atom stereocenters. The minimum absolute atomic E-state index is 0. The fourth-order valence-corrected chi connectivity index (χ4v) is 3.85. The summed E-state index contributed by atoms with van der Waals surface area (Å²) >= 11 is 0. The van der Waals surface area contributed by atoms with Gasteiger partial charge in [0.1, 0.15) is 23.5 Å². The Bertz CT molecular complexity index is 932. The van der Waals surface area contributed by atoms with E-state index in [1.54, 1.807) is 6.07 Å². The molecule has 2 aromatic rings. The molecule has 0 bridgehead atoms. The van der Waals surface area contributed by atoms with Crippen LogP contribution in [0, 0.1) is 11.3 Å². The molecule has 4 rings (SSSR count). The van der Waals surface area contributed by atoms with Crippen LogP contribution < -0.4 is 15.4 Å². The van der Waals surface area contributed by atoms with Crippen LogP contribution in [0.4, 0.5) is 11.5 Å². The molecule has 2 heterocycles. The van der Waals surface area contributed by atoms with Gasteiger partial charge in [-0.1, -0.05) is 13.8 Å². The summed E-state index contributed by atoms with van der Waals surface area (Å²) in [6.07, 6.45) is 4.66. The van der Waals surface area contributed by atoms with Crippen molar-refractivity contribution >= 4 is 17.2 Å². The number of nitrogens with zero attached hydrogens (tertiary/aromatic N) is 3. The first-order valence-electron chi connectivity index (χ1n) is 10.7. The normalized spacial score (nSPS) is 20.3. The third-order valence-electron chi connectivity index (χ3n) is 5.79. The molecule has 1 saturated heterocycles. The van der Waals surface area contributed by atoms with Crippen LogP contribution in [0.3, 0.4) is 0 Å². The monoisotopic (exact) mass is 411 g/mol. The van der Waals surface area contributed by atoms with Crippen molar-refractivity contribution in [3.8, 4) is 5.75 Å². The predicted octanol–water partition coefficient (Wildman–Crippen LogP) is 3.90. The van der Waals surface area contributed by atoms with Gasteiger partial charge >= 0.3 is 0 Å². The number of aromatic nitrogens is 2. The van der Waals surface area contributed by atoms with Gasteiger partial charge < -0.3 is 20.1 Å². The number of hydrogen-bond acceptors (Lipinski definition) is 7. The molecule has 7 nitrogen and oxygen atoms in total. The highest BCUT2D eigenvalue weighted by Gasteiger charge is 2.40. The van der Waals surface area contributed by atoms with Crippen molar-refractivity contribution in [1.82, 2.24) is 9.97 Å². The summed E-state index contributed by atoms with van der Waals surface area (Å²) in [4.78, 5) is 11.1. The molecule has 2 aliphatic rings. The van der Waals surface area contributed by atoms with Gasteiger partial charge in [-0.15, -0.1) is 0 Å². The summed E-state index contributed by atoms with van der Waals surface area (Å²) in [7, 11) is 0. The lowest BCUT2D eigenvalue weighted by molar-refractivity contribution is 0.0873. The first-order chi connectivity index (χ1) is 14.3. The quantitative estimate of drug-likeness (QED) is 0.530. The van der Waals surface area contributed by atoms with Crippen molar-refractivity contribution in [2.45, 2.75) is 51.7 Å². The van der Waals surface area contributed by atoms with E-state index in [1.807, 2.05) is 18.2 Å². The number of morpholine rings is 1. The Balaban J connectivity index is 0.00000272. The first-order valence-corrected chi connectivity index (χ1v) is 10.7. The second-order valence-corrected chi connectivity index (χ2v) is 8.99. The minimum Gasteiger partial charge on any atom is -0.488 e. The lowest BCUT2D eigenvalue weighted by Crippen LogP contribution is -2.46. The van der Waals surface area contributed by atoms with Crippen LogP contribution in [0.25, 0.3) is 0 Å². The Morgan fingerprint density at radius 2 is 2.17 bits per heavy atom. The molecule has 0 spiro atoms. The van der Waals surface area contributed by atoms with Gasteiger partial charge in [0.15, 0.2) is 0 Å². The highest BCUT2D eigenvalue weighted by atomic mass is 16.5. The van der Waals surface area contributed by atoms with Gasteiger partial charge in [0.05, 0.1) is 30.7 Å². The Morgan fingerprint density at radius 1 is 1.37 bits per heavy atom. The van der Waals surface area contributed by atoms with E-state index in [-0.39, 0.29) is 18.8 Å². The van der Waals surface area contributed by atoms with E-state index in [4.69, 9.17) is 20.6 Å². The van der Waals surface area contributed by atoms with Crippen LogP contribution in [0.1, 0.15) is 52.7 Å². The maximum atomic E-state index is 8.76. The molecule has 1 atom stereocenters. The highest BCUT2D eigenvalue weighted by Crippen LogP contribution is 2.40. The molecular formula is C23H33N5O2.